The molecular weight excluding hydrogens is 238 g/mol. The molecule has 2 aromatic carbocycles. The largest absolute Gasteiger partial charge is 0.494 e. The van der Waals surface area contributed by atoms with E-state index >= 15 is 0 Å². The number of anilines is 1. The molecular formula is C16H17NO2. The minimum absolute atomic E-state index is 0.0279. The van der Waals surface area contributed by atoms with Gasteiger partial charge in [-0.1, -0.05) is 36.4 Å². The fourth-order valence-corrected chi connectivity index (χ4v) is 1.82. The monoisotopic (exact) mass is 255 g/mol. The molecule has 0 spiro atoms. The molecule has 98 valence electrons. The highest BCUT2D eigenvalue weighted by atomic mass is 16.5. The van der Waals surface area contributed by atoms with Gasteiger partial charge < -0.3 is 10.1 Å². The fraction of sp³-hybridized carbons (Fsp3) is 0.188. The first kappa shape index (κ1) is 13.1. The van der Waals surface area contributed by atoms with Gasteiger partial charge in [-0.25, -0.2) is 0 Å². The maximum atomic E-state index is 11.9. The molecule has 19 heavy (non-hydrogen) atoms. The van der Waals surface area contributed by atoms with E-state index in [9.17, 15) is 4.79 Å². The molecule has 0 fully saturated rings. The lowest BCUT2D eigenvalue weighted by Crippen LogP contribution is -2.14. The smallest absolute Gasteiger partial charge is 0.228 e. The van der Waals surface area contributed by atoms with Crippen LogP contribution >= 0.6 is 0 Å². The fourth-order valence-electron chi connectivity index (χ4n) is 1.82. The summed E-state index contributed by atoms with van der Waals surface area (Å²) in [5.74, 6) is 0.736. The van der Waals surface area contributed by atoms with E-state index in [0.717, 1.165) is 17.0 Å². The molecule has 0 heterocycles. The van der Waals surface area contributed by atoms with E-state index in [0.29, 0.717) is 13.0 Å². The van der Waals surface area contributed by atoms with Gasteiger partial charge in [0.2, 0.25) is 5.91 Å². The van der Waals surface area contributed by atoms with E-state index in [2.05, 4.69) is 5.32 Å². The molecule has 0 radical (unpaired) electrons. The number of hydrogen-bond donors (Lipinski definition) is 1. The number of amides is 1. The van der Waals surface area contributed by atoms with Crippen LogP contribution in [0.1, 0.15) is 12.5 Å². The van der Waals surface area contributed by atoms with Crippen LogP contribution in [0.15, 0.2) is 54.6 Å². The van der Waals surface area contributed by atoms with Crippen molar-refractivity contribution in [3.05, 3.63) is 60.2 Å². The third kappa shape index (κ3) is 4.14. The van der Waals surface area contributed by atoms with Crippen LogP contribution in [0.3, 0.4) is 0 Å². The number of nitrogens with one attached hydrogen (secondary N) is 1. The zero-order valence-corrected chi connectivity index (χ0v) is 10.9. The lowest BCUT2D eigenvalue weighted by molar-refractivity contribution is -0.115. The third-order valence-electron chi connectivity index (χ3n) is 2.64. The summed E-state index contributed by atoms with van der Waals surface area (Å²) < 4.78 is 5.40. The molecule has 1 amide bonds. The second kappa shape index (κ2) is 6.59. The van der Waals surface area contributed by atoms with E-state index in [4.69, 9.17) is 4.74 Å². The van der Waals surface area contributed by atoms with Gasteiger partial charge >= 0.3 is 0 Å². The minimum Gasteiger partial charge on any atom is -0.494 e. The van der Waals surface area contributed by atoms with E-state index in [1.807, 2.05) is 61.5 Å². The Balaban J connectivity index is 1.97. The number of ether oxygens (including phenoxy) is 1. The summed E-state index contributed by atoms with van der Waals surface area (Å²) in [6, 6.07) is 17.1. The molecule has 0 bridgehead atoms. The highest BCUT2D eigenvalue weighted by Crippen LogP contribution is 2.17. The predicted molar refractivity (Wildman–Crippen MR) is 76.4 cm³/mol. The topological polar surface area (TPSA) is 38.3 Å². The summed E-state index contributed by atoms with van der Waals surface area (Å²) in [5, 5.41) is 2.87. The van der Waals surface area contributed by atoms with Crippen LogP contribution in [0.4, 0.5) is 5.69 Å². The normalized spacial score (nSPS) is 9.95. The van der Waals surface area contributed by atoms with Crippen molar-refractivity contribution >= 4 is 11.6 Å². The predicted octanol–water partition coefficient (Wildman–Crippen LogP) is 3.27. The molecule has 0 aliphatic rings. The Morgan fingerprint density at radius 3 is 2.63 bits per heavy atom. The van der Waals surface area contributed by atoms with Crippen molar-refractivity contribution in [2.45, 2.75) is 13.3 Å². The Bertz CT molecular complexity index is 537. The molecule has 0 aliphatic heterocycles. The van der Waals surface area contributed by atoms with Crippen molar-refractivity contribution in [2.75, 3.05) is 11.9 Å². The van der Waals surface area contributed by atoms with Crippen LogP contribution in [-0.4, -0.2) is 12.5 Å². The summed E-state index contributed by atoms with van der Waals surface area (Å²) in [4.78, 5) is 11.9. The Kier molecular flexibility index (Phi) is 4.56. The van der Waals surface area contributed by atoms with E-state index < -0.39 is 0 Å². The molecule has 0 saturated carbocycles. The quantitative estimate of drug-likeness (QED) is 0.890. The van der Waals surface area contributed by atoms with Crippen molar-refractivity contribution < 1.29 is 9.53 Å². The van der Waals surface area contributed by atoms with Crippen LogP contribution in [0.25, 0.3) is 0 Å². The molecule has 0 atom stereocenters. The Morgan fingerprint density at radius 2 is 1.89 bits per heavy atom. The first-order valence-electron chi connectivity index (χ1n) is 6.34. The number of hydrogen-bond acceptors (Lipinski definition) is 2. The molecule has 0 unspecified atom stereocenters. The van der Waals surface area contributed by atoms with Crippen LogP contribution in [-0.2, 0) is 11.2 Å². The standard InChI is InChI=1S/C16H17NO2/c1-2-19-15-10-6-9-14(12-15)17-16(18)11-13-7-4-3-5-8-13/h3-10,12H,2,11H2,1H3,(H,17,18). The molecule has 2 rings (SSSR count). The Hall–Kier alpha value is -2.29. The number of rotatable bonds is 5. The van der Waals surface area contributed by atoms with E-state index in [1.165, 1.54) is 0 Å². The van der Waals surface area contributed by atoms with Crippen LogP contribution in [0, 0.1) is 0 Å². The maximum Gasteiger partial charge on any atom is 0.228 e. The van der Waals surface area contributed by atoms with E-state index in [1.54, 1.807) is 0 Å². The maximum absolute atomic E-state index is 11.9. The highest BCUT2D eigenvalue weighted by Gasteiger charge is 2.04. The summed E-state index contributed by atoms with van der Waals surface area (Å²) in [6.45, 7) is 2.54. The SMILES string of the molecule is CCOc1cccc(NC(=O)Cc2ccccc2)c1. The van der Waals surface area contributed by atoms with Gasteiger partial charge in [-0.3, -0.25) is 4.79 Å². The molecule has 3 nitrogen and oxygen atoms in total. The molecule has 3 heteroatoms. The van der Waals surface area contributed by atoms with Crippen molar-refractivity contribution in [2.24, 2.45) is 0 Å². The average molecular weight is 255 g/mol. The van der Waals surface area contributed by atoms with Gasteiger partial charge in [0.1, 0.15) is 5.75 Å². The number of carbonyl (C=O) groups is 1. The molecule has 0 saturated heterocycles. The van der Waals surface area contributed by atoms with E-state index in [-0.39, 0.29) is 5.91 Å². The zero-order valence-electron chi connectivity index (χ0n) is 10.9. The molecule has 1 N–H and O–H groups in total. The second-order valence-corrected chi connectivity index (χ2v) is 4.17. The van der Waals surface area contributed by atoms with Gasteiger partial charge in [0.05, 0.1) is 13.0 Å². The van der Waals surface area contributed by atoms with Crippen molar-refractivity contribution in [1.82, 2.24) is 0 Å². The molecule has 0 aromatic heterocycles. The average Bonchev–Trinajstić information content (AvgIpc) is 2.40. The van der Waals surface area contributed by atoms with Crippen molar-refractivity contribution in [3.63, 3.8) is 0 Å². The lowest BCUT2D eigenvalue weighted by Gasteiger charge is -2.08. The zero-order chi connectivity index (χ0) is 13.5. The van der Waals surface area contributed by atoms with Crippen molar-refractivity contribution in [3.8, 4) is 5.75 Å². The van der Waals surface area contributed by atoms with Crippen molar-refractivity contribution in [1.29, 1.82) is 0 Å². The summed E-state index contributed by atoms with van der Waals surface area (Å²) >= 11 is 0. The van der Waals surface area contributed by atoms with Gasteiger partial charge in [0, 0.05) is 11.8 Å². The Morgan fingerprint density at radius 1 is 1.11 bits per heavy atom. The summed E-state index contributed by atoms with van der Waals surface area (Å²) in [5.41, 5.74) is 1.76. The summed E-state index contributed by atoms with van der Waals surface area (Å²) in [7, 11) is 0. The first-order chi connectivity index (χ1) is 9.28. The highest BCUT2D eigenvalue weighted by molar-refractivity contribution is 5.92. The summed E-state index contributed by atoms with van der Waals surface area (Å²) in [6.07, 6.45) is 0.375. The van der Waals surface area contributed by atoms with Crippen LogP contribution in [0.2, 0.25) is 0 Å². The molecule has 0 aliphatic carbocycles. The first-order valence-corrected chi connectivity index (χ1v) is 6.34. The Labute approximate surface area is 113 Å². The minimum atomic E-state index is -0.0279. The van der Waals surface area contributed by atoms with Crippen LogP contribution in [0.5, 0.6) is 5.75 Å². The van der Waals surface area contributed by atoms with Gasteiger partial charge in [-0.15, -0.1) is 0 Å². The third-order valence-corrected chi connectivity index (χ3v) is 2.64. The van der Waals surface area contributed by atoms with Gasteiger partial charge in [-0.05, 0) is 24.6 Å². The van der Waals surface area contributed by atoms with Gasteiger partial charge in [-0.2, -0.15) is 0 Å². The second-order valence-electron chi connectivity index (χ2n) is 4.17. The van der Waals surface area contributed by atoms with Gasteiger partial charge in [0.15, 0.2) is 0 Å². The van der Waals surface area contributed by atoms with Gasteiger partial charge in [0.25, 0.3) is 0 Å². The number of benzene rings is 2. The molecule has 2 aromatic rings. The van der Waals surface area contributed by atoms with Crippen LogP contribution < -0.4 is 10.1 Å². The number of carbonyl (C=O) groups excluding carboxylic acids is 1. The lowest BCUT2D eigenvalue weighted by atomic mass is 10.1.